The van der Waals surface area contributed by atoms with Crippen LogP contribution in [-0.2, 0) is 0 Å². The molecule has 2 atom stereocenters. The molecule has 2 aromatic carbocycles. The molecule has 18 heavy (non-hydrogen) atoms. The Morgan fingerprint density at radius 1 is 0.611 bits per heavy atom. The number of hydrogen-bond acceptors (Lipinski definition) is 2. The molecule has 0 heterocycles. The Kier molecular flexibility index (Phi) is 6.12. The zero-order valence-electron chi connectivity index (χ0n) is 11.1. The Balaban J connectivity index is 0.000000180. The van der Waals surface area contributed by atoms with E-state index in [2.05, 4.69) is 0 Å². The highest BCUT2D eigenvalue weighted by atomic mass is 14.6. The van der Waals surface area contributed by atoms with Gasteiger partial charge in [0, 0.05) is 12.1 Å². The molecule has 2 aromatic rings. The van der Waals surface area contributed by atoms with Crippen LogP contribution in [0.15, 0.2) is 60.7 Å². The number of hydrogen-bond donors (Lipinski definition) is 2. The summed E-state index contributed by atoms with van der Waals surface area (Å²) in [4.78, 5) is 0. The van der Waals surface area contributed by atoms with Crippen LogP contribution in [0.5, 0.6) is 0 Å². The van der Waals surface area contributed by atoms with Crippen molar-refractivity contribution in [2.45, 2.75) is 25.9 Å². The first-order chi connectivity index (χ1) is 8.61. The Labute approximate surface area is 110 Å². The Morgan fingerprint density at radius 3 is 1.06 bits per heavy atom. The van der Waals surface area contributed by atoms with Crippen LogP contribution in [0.2, 0.25) is 0 Å². The molecule has 0 fully saturated rings. The minimum absolute atomic E-state index is 0.159. The summed E-state index contributed by atoms with van der Waals surface area (Å²) < 4.78 is 0. The molecule has 2 nitrogen and oxygen atoms in total. The Bertz CT molecular complexity index is 378. The average molecular weight is 242 g/mol. The van der Waals surface area contributed by atoms with Crippen molar-refractivity contribution in [1.29, 1.82) is 0 Å². The zero-order chi connectivity index (χ0) is 13.4. The summed E-state index contributed by atoms with van der Waals surface area (Å²) in [6, 6.07) is 20.4. The first-order valence-corrected chi connectivity index (χ1v) is 6.22. The quantitative estimate of drug-likeness (QED) is 0.848. The molecule has 0 saturated heterocycles. The molecule has 96 valence electrons. The first kappa shape index (κ1) is 14.4. The van der Waals surface area contributed by atoms with E-state index in [4.69, 9.17) is 11.5 Å². The molecule has 0 radical (unpaired) electrons. The molecular formula is C16H22N2. The van der Waals surface area contributed by atoms with E-state index in [1.54, 1.807) is 0 Å². The van der Waals surface area contributed by atoms with E-state index < -0.39 is 0 Å². The molecule has 2 rings (SSSR count). The Morgan fingerprint density at radius 2 is 0.889 bits per heavy atom. The summed E-state index contributed by atoms with van der Waals surface area (Å²) in [5.41, 5.74) is 13.6. The van der Waals surface area contributed by atoms with Crippen molar-refractivity contribution in [2.75, 3.05) is 0 Å². The minimum atomic E-state index is 0.159. The summed E-state index contributed by atoms with van der Waals surface area (Å²) in [6.07, 6.45) is 0. The van der Waals surface area contributed by atoms with Gasteiger partial charge in [-0.25, -0.2) is 0 Å². The molecular weight excluding hydrogens is 220 g/mol. The fourth-order valence-corrected chi connectivity index (χ4v) is 1.51. The van der Waals surface area contributed by atoms with Gasteiger partial charge in [0.25, 0.3) is 0 Å². The van der Waals surface area contributed by atoms with Crippen LogP contribution in [0.1, 0.15) is 37.1 Å². The van der Waals surface area contributed by atoms with Gasteiger partial charge in [-0.1, -0.05) is 60.7 Å². The third kappa shape index (κ3) is 5.13. The zero-order valence-corrected chi connectivity index (χ0v) is 11.1. The molecule has 0 amide bonds. The van der Waals surface area contributed by atoms with Crippen molar-refractivity contribution in [2.24, 2.45) is 11.5 Å². The van der Waals surface area contributed by atoms with Crippen LogP contribution in [0, 0.1) is 0 Å². The van der Waals surface area contributed by atoms with Crippen LogP contribution in [-0.4, -0.2) is 0 Å². The lowest BCUT2D eigenvalue weighted by molar-refractivity contribution is 0.818. The second kappa shape index (κ2) is 7.64. The normalized spacial score (nSPS) is 13.1. The van der Waals surface area contributed by atoms with Gasteiger partial charge in [-0.15, -0.1) is 0 Å². The highest BCUT2D eigenvalue weighted by Gasteiger charge is 1.94. The van der Waals surface area contributed by atoms with E-state index >= 15 is 0 Å². The summed E-state index contributed by atoms with van der Waals surface area (Å²) >= 11 is 0. The van der Waals surface area contributed by atoms with Crippen LogP contribution >= 0.6 is 0 Å². The molecule has 0 saturated carbocycles. The van der Waals surface area contributed by atoms with Crippen molar-refractivity contribution >= 4 is 0 Å². The summed E-state index contributed by atoms with van der Waals surface area (Å²) in [5, 5.41) is 0. The van der Waals surface area contributed by atoms with Crippen molar-refractivity contribution in [1.82, 2.24) is 0 Å². The molecule has 0 bridgehead atoms. The molecule has 4 N–H and O–H groups in total. The predicted molar refractivity (Wildman–Crippen MR) is 78.1 cm³/mol. The summed E-state index contributed by atoms with van der Waals surface area (Å²) in [5.74, 6) is 0. The van der Waals surface area contributed by atoms with Gasteiger partial charge in [-0.05, 0) is 25.0 Å². The predicted octanol–water partition coefficient (Wildman–Crippen LogP) is 3.41. The monoisotopic (exact) mass is 242 g/mol. The lowest BCUT2D eigenvalue weighted by atomic mass is 10.1. The van der Waals surface area contributed by atoms with Gasteiger partial charge in [0.2, 0.25) is 0 Å². The third-order valence-corrected chi connectivity index (χ3v) is 2.65. The lowest BCUT2D eigenvalue weighted by Gasteiger charge is -2.02. The molecule has 0 spiro atoms. The van der Waals surface area contributed by atoms with Crippen molar-refractivity contribution < 1.29 is 0 Å². The number of rotatable bonds is 2. The molecule has 0 aromatic heterocycles. The van der Waals surface area contributed by atoms with E-state index in [1.165, 1.54) is 11.1 Å². The first-order valence-electron chi connectivity index (χ1n) is 6.22. The molecule has 2 heteroatoms. The maximum absolute atomic E-state index is 5.61. The van der Waals surface area contributed by atoms with Crippen LogP contribution in [0.25, 0.3) is 0 Å². The van der Waals surface area contributed by atoms with Gasteiger partial charge < -0.3 is 11.5 Å². The third-order valence-electron chi connectivity index (χ3n) is 2.65. The van der Waals surface area contributed by atoms with E-state index in [0.29, 0.717) is 0 Å². The van der Waals surface area contributed by atoms with Gasteiger partial charge in [-0.3, -0.25) is 0 Å². The lowest BCUT2D eigenvalue weighted by Crippen LogP contribution is -2.03. The topological polar surface area (TPSA) is 52.0 Å². The number of benzene rings is 2. The minimum Gasteiger partial charge on any atom is -0.324 e. The molecule has 0 aliphatic heterocycles. The van der Waals surface area contributed by atoms with Gasteiger partial charge >= 0.3 is 0 Å². The smallest absolute Gasteiger partial charge is 0.0266 e. The second-order valence-electron chi connectivity index (χ2n) is 4.40. The second-order valence-corrected chi connectivity index (χ2v) is 4.40. The highest BCUT2D eigenvalue weighted by molar-refractivity contribution is 5.17. The van der Waals surface area contributed by atoms with Crippen LogP contribution < -0.4 is 11.5 Å². The SMILES string of the molecule is C[C@H](N)c1ccccc1.C[C@H](N)c1ccccc1. The van der Waals surface area contributed by atoms with E-state index in [-0.39, 0.29) is 12.1 Å². The van der Waals surface area contributed by atoms with E-state index in [9.17, 15) is 0 Å². The van der Waals surface area contributed by atoms with Crippen molar-refractivity contribution in [3.63, 3.8) is 0 Å². The molecule has 0 aliphatic carbocycles. The fourth-order valence-electron chi connectivity index (χ4n) is 1.51. The van der Waals surface area contributed by atoms with Crippen molar-refractivity contribution in [3.8, 4) is 0 Å². The van der Waals surface area contributed by atoms with Crippen LogP contribution in [0.4, 0.5) is 0 Å². The fraction of sp³-hybridized carbons (Fsp3) is 0.250. The summed E-state index contributed by atoms with van der Waals surface area (Å²) in [6.45, 7) is 3.96. The maximum Gasteiger partial charge on any atom is 0.0266 e. The average Bonchev–Trinajstić information content (AvgIpc) is 2.41. The van der Waals surface area contributed by atoms with Gasteiger partial charge in [0.15, 0.2) is 0 Å². The maximum atomic E-state index is 5.61. The highest BCUT2D eigenvalue weighted by Crippen LogP contribution is 2.07. The van der Waals surface area contributed by atoms with E-state index in [1.807, 2.05) is 74.5 Å². The molecule has 0 unspecified atom stereocenters. The summed E-state index contributed by atoms with van der Waals surface area (Å²) in [7, 11) is 0. The largest absolute Gasteiger partial charge is 0.324 e. The Hall–Kier alpha value is -1.64. The van der Waals surface area contributed by atoms with Gasteiger partial charge in [0.1, 0.15) is 0 Å². The van der Waals surface area contributed by atoms with Gasteiger partial charge in [-0.2, -0.15) is 0 Å². The standard InChI is InChI=1S/2C8H11N/c2*1-7(9)8-5-3-2-4-6-8/h2*2-7H,9H2,1H3/t2*7-/m00/s1. The van der Waals surface area contributed by atoms with Gasteiger partial charge in [0.05, 0.1) is 0 Å². The van der Waals surface area contributed by atoms with Crippen LogP contribution in [0.3, 0.4) is 0 Å². The van der Waals surface area contributed by atoms with E-state index in [0.717, 1.165) is 0 Å². The number of nitrogens with two attached hydrogens (primary N) is 2. The van der Waals surface area contributed by atoms with Crippen molar-refractivity contribution in [3.05, 3.63) is 71.8 Å². The molecule has 0 aliphatic rings.